The monoisotopic (exact) mass is 236 g/mol. The highest BCUT2D eigenvalue weighted by atomic mass is 16.3. The van der Waals surface area contributed by atoms with Gasteiger partial charge in [-0.25, -0.2) is 0 Å². The number of hydrogen-bond acceptors (Lipinski definition) is 2. The maximum atomic E-state index is 8.82. The number of aliphatic hydroxyl groups excluding tert-OH is 2. The first kappa shape index (κ1) is 24.9. The summed E-state index contributed by atoms with van der Waals surface area (Å²) in [5.41, 5.74) is 0. The van der Waals surface area contributed by atoms with Crippen LogP contribution >= 0.6 is 0 Å². The first-order valence-corrected chi connectivity index (χ1v) is 5.67. The fourth-order valence-electron chi connectivity index (χ4n) is 1.02. The van der Waals surface area contributed by atoms with Crippen LogP contribution in [0, 0.1) is 11.8 Å². The van der Waals surface area contributed by atoms with Crippen LogP contribution in [0.2, 0.25) is 0 Å². The summed E-state index contributed by atoms with van der Waals surface area (Å²) in [7, 11) is 0. The lowest BCUT2D eigenvalue weighted by molar-refractivity contribution is 0.133. The summed E-state index contributed by atoms with van der Waals surface area (Å²) in [4.78, 5) is 0. The second kappa shape index (κ2) is 14.9. The molecule has 0 aromatic heterocycles. The van der Waals surface area contributed by atoms with Crippen molar-refractivity contribution in [3.8, 4) is 0 Å². The third kappa shape index (κ3) is 23.6. The van der Waals surface area contributed by atoms with Gasteiger partial charge in [-0.2, -0.15) is 0 Å². The minimum absolute atomic E-state index is 0. The molecule has 2 nitrogen and oxygen atoms in total. The van der Waals surface area contributed by atoms with Crippen molar-refractivity contribution in [2.45, 2.75) is 81.4 Å². The number of aliphatic hydroxyl groups is 2. The van der Waals surface area contributed by atoms with Gasteiger partial charge in [-0.05, 0) is 32.1 Å². The molecule has 2 N–H and O–H groups in total. The molecule has 2 heteroatoms. The highest BCUT2D eigenvalue weighted by Crippen LogP contribution is 2.04. The third-order valence-electron chi connectivity index (χ3n) is 2.28. The molecule has 0 bridgehead atoms. The normalized spacial score (nSPS) is 14.8. The molecule has 0 aliphatic rings. The number of rotatable bonds is 4. The molecule has 0 radical (unpaired) electrons. The predicted octanol–water partition coefficient (Wildman–Crippen LogP) is 4.10. The highest BCUT2D eigenvalue weighted by Gasteiger charge is 2.03. The van der Waals surface area contributed by atoms with Gasteiger partial charge in [-0.3, -0.25) is 0 Å². The van der Waals surface area contributed by atoms with E-state index in [1.54, 1.807) is 0 Å². The van der Waals surface area contributed by atoms with Crippen molar-refractivity contribution in [1.82, 2.24) is 0 Å². The fourth-order valence-corrected chi connectivity index (χ4v) is 1.02. The molecule has 0 amide bonds. The topological polar surface area (TPSA) is 40.5 Å². The lowest BCUT2D eigenvalue weighted by Gasteiger charge is -2.09. The Labute approximate surface area is 104 Å². The minimum atomic E-state index is -0.134. The first-order chi connectivity index (χ1) is 6.31. The van der Waals surface area contributed by atoms with Crippen molar-refractivity contribution < 1.29 is 10.2 Å². The average molecular weight is 236 g/mol. The molecular formula is C14H36O2. The minimum Gasteiger partial charge on any atom is -0.393 e. The van der Waals surface area contributed by atoms with E-state index in [0.29, 0.717) is 11.8 Å². The molecular weight excluding hydrogens is 200 g/mol. The van der Waals surface area contributed by atoms with Gasteiger partial charge in [-0.15, -0.1) is 0 Å². The Balaban J connectivity index is -0.0000000800. The molecule has 16 heavy (non-hydrogen) atoms. The lowest BCUT2D eigenvalue weighted by atomic mass is 10.0. The zero-order chi connectivity index (χ0) is 11.7. The zero-order valence-corrected chi connectivity index (χ0v) is 10.6. The predicted molar refractivity (Wildman–Crippen MR) is 75.7 cm³/mol. The Morgan fingerprint density at radius 2 is 1.25 bits per heavy atom. The summed E-state index contributed by atoms with van der Waals surface area (Å²) in [6, 6.07) is 0. The summed E-state index contributed by atoms with van der Waals surface area (Å²) in [5.74, 6) is 1.08. The van der Waals surface area contributed by atoms with Crippen LogP contribution in [0.3, 0.4) is 0 Å². The largest absolute Gasteiger partial charge is 0.393 e. The molecule has 0 saturated heterocycles. The van der Waals surface area contributed by atoms with Crippen molar-refractivity contribution in [3.05, 3.63) is 0 Å². The molecule has 0 heterocycles. The Morgan fingerprint density at radius 1 is 0.875 bits per heavy atom. The lowest BCUT2D eigenvalue weighted by Crippen LogP contribution is -2.10. The molecule has 3 unspecified atom stereocenters. The van der Waals surface area contributed by atoms with Crippen molar-refractivity contribution in [2.24, 2.45) is 11.8 Å². The van der Waals surface area contributed by atoms with Crippen LogP contribution in [0.15, 0.2) is 0 Å². The van der Waals surface area contributed by atoms with E-state index in [1.165, 1.54) is 0 Å². The maximum absolute atomic E-state index is 8.82. The average Bonchev–Trinajstić information content (AvgIpc) is 2.01. The smallest absolute Gasteiger partial charge is 0.0537 e. The van der Waals surface area contributed by atoms with Crippen molar-refractivity contribution in [3.63, 3.8) is 0 Å². The first-order valence-electron chi connectivity index (χ1n) is 5.67. The van der Waals surface area contributed by atoms with Gasteiger partial charge in [0.2, 0.25) is 0 Å². The Morgan fingerprint density at radius 3 is 1.25 bits per heavy atom. The van der Waals surface area contributed by atoms with Crippen LogP contribution < -0.4 is 0 Å². The van der Waals surface area contributed by atoms with E-state index in [-0.39, 0.29) is 27.1 Å². The molecule has 0 aliphatic carbocycles. The standard InChI is InChI=1S/2C6H14O.2CH4/c1-5(2)4-6(3)7;1-4-5(2)6(3)7;;/h2*5-7H,4H2,1-3H3;2*1H4. The van der Waals surface area contributed by atoms with Crippen LogP contribution in [0.4, 0.5) is 0 Å². The summed E-state index contributed by atoms with van der Waals surface area (Å²) in [5, 5.41) is 17.5. The molecule has 3 atom stereocenters. The molecule has 0 aliphatic heterocycles. The Hall–Kier alpha value is -0.0800. The van der Waals surface area contributed by atoms with Crippen LogP contribution in [0.5, 0.6) is 0 Å². The fraction of sp³-hybridized carbons (Fsp3) is 1.00. The summed E-state index contributed by atoms with van der Waals surface area (Å²) in [6.45, 7) is 12.0. The quantitative estimate of drug-likeness (QED) is 0.771. The van der Waals surface area contributed by atoms with Gasteiger partial charge in [0.25, 0.3) is 0 Å². The zero-order valence-electron chi connectivity index (χ0n) is 10.6. The van der Waals surface area contributed by atoms with Gasteiger partial charge in [0, 0.05) is 0 Å². The summed E-state index contributed by atoms with van der Waals surface area (Å²) in [6.07, 6.45) is 1.72. The van der Waals surface area contributed by atoms with Gasteiger partial charge >= 0.3 is 0 Å². The van der Waals surface area contributed by atoms with Crippen LogP contribution in [0.1, 0.15) is 69.2 Å². The second-order valence-electron chi connectivity index (χ2n) is 4.60. The third-order valence-corrected chi connectivity index (χ3v) is 2.28. The van der Waals surface area contributed by atoms with Crippen LogP contribution in [-0.2, 0) is 0 Å². The Bertz CT molecular complexity index is 103. The van der Waals surface area contributed by atoms with Gasteiger partial charge < -0.3 is 10.2 Å². The van der Waals surface area contributed by atoms with E-state index in [9.17, 15) is 0 Å². The van der Waals surface area contributed by atoms with Gasteiger partial charge in [0.15, 0.2) is 0 Å². The molecule has 0 saturated carbocycles. The van der Waals surface area contributed by atoms with E-state index in [1.807, 2.05) is 20.8 Å². The summed E-state index contributed by atoms with van der Waals surface area (Å²) < 4.78 is 0. The molecule has 0 rings (SSSR count). The van der Waals surface area contributed by atoms with Crippen LogP contribution in [-0.4, -0.2) is 22.4 Å². The van der Waals surface area contributed by atoms with Crippen molar-refractivity contribution in [2.75, 3.05) is 0 Å². The van der Waals surface area contributed by atoms with E-state index in [2.05, 4.69) is 20.8 Å². The van der Waals surface area contributed by atoms with Crippen molar-refractivity contribution >= 4 is 0 Å². The highest BCUT2D eigenvalue weighted by molar-refractivity contribution is 4.54. The summed E-state index contributed by atoms with van der Waals surface area (Å²) >= 11 is 0. The molecule has 0 spiro atoms. The van der Waals surface area contributed by atoms with E-state index < -0.39 is 0 Å². The van der Waals surface area contributed by atoms with E-state index >= 15 is 0 Å². The Kier molecular flexibility index (Phi) is 23.3. The molecule has 0 aromatic rings. The molecule has 0 fully saturated rings. The SMILES string of the molecule is C.C.CC(C)CC(C)O.CCC(C)C(C)O. The van der Waals surface area contributed by atoms with Gasteiger partial charge in [0.05, 0.1) is 12.2 Å². The van der Waals surface area contributed by atoms with Gasteiger partial charge in [-0.1, -0.05) is 49.0 Å². The van der Waals surface area contributed by atoms with Crippen LogP contribution in [0.25, 0.3) is 0 Å². The van der Waals surface area contributed by atoms with E-state index in [4.69, 9.17) is 10.2 Å². The molecule has 0 aromatic carbocycles. The van der Waals surface area contributed by atoms with Gasteiger partial charge in [0.1, 0.15) is 0 Å². The molecule has 104 valence electrons. The maximum Gasteiger partial charge on any atom is 0.0537 e. The second-order valence-corrected chi connectivity index (χ2v) is 4.60. The van der Waals surface area contributed by atoms with Crippen molar-refractivity contribution in [1.29, 1.82) is 0 Å². The number of hydrogen-bond donors (Lipinski definition) is 2. The van der Waals surface area contributed by atoms with E-state index in [0.717, 1.165) is 12.8 Å².